The third-order valence-electron chi connectivity index (χ3n) is 2.89. The van der Waals surface area contributed by atoms with Crippen LogP contribution in [-0.2, 0) is 0 Å². The van der Waals surface area contributed by atoms with Crippen molar-refractivity contribution in [3.8, 4) is 0 Å². The molecule has 0 amide bonds. The molecule has 0 aliphatic heterocycles. The summed E-state index contributed by atoms with van der Waals surface area (Å²) in [5.74, 6) is 0.314. The fourth-order valence-corrected chi connectivity index (χ4v) is 1.84. The van der Waals surface area contributed by atoms with Crippen LogP contribution in [0, 0.1) is 11.7 Å². The minimum Gasteiger partial charge on any atom is -0.389 e. The lowest BCUT2D eigenvalue weighted by Crippen LogP contribution is -2.23. The van der Waals surface area contributed by atoms with E-state index in [-0.39, 0.29) is 5.82 Å². The van der Waals surface area contributed by atoms with Gasteiger partial charge in [-0.2, -0.15) is 0 Å². The molecule has 1 rings (SSSR count). The number of rotatable bonds is 5. The topological polar surface area (TPSA) is 23.5 Å². The zero-order valence-corrected chi connectivity index (χ0v) is 11.1. The number of halogens is 1. The lowest BCUT2D eigenvalue weighted by Gasteiger charge is -2.24. The summed E-state index contributed by atoms with van der Waals surface area (Å²) >= 11 is 0. The van der Waals surface area contributed by atoms with Gasteiger partial charge in [0.15, 0.2) is 0 Å². The fourth-order valence-electron chi connectivity index (χ4n) is 1.84. The van der Waals surface area contributed by atoms with Crippen LogP contribution in [0.3, 0.4) is 0 Å². The Kier molecular flexibility index (Phi) is 4.94. The van der Waals surface area contributed by atoms with E-state index in [1.165, 1.54) is 6.07 Å². The molecule has 0 spiro atoms. The predicted octanol–water partition coefficient (Wildman–Crippen LogP) is 3.36. The Hall–Kier alpha value is -1.09. The summed E-state index contributed by atoms with van der Waals surface area (Å²) in [6.45, 7) is 6.74. The van der Waals surface area contributed by atoms with Crippen LogP contribution in [0.5, 0.6) is 0 Å². The Morgan fingerprint density at radius 3 is 2.47 bits per heavy atom. The van der Waals surface area contributed by atoms with Gasteiger partial charge in [0.1, 0.15) is 5.82 Å². The summed E-state index contributed by atoms with van der Waals surface area (Å²) < 4.78 is 13.8. The van der Waals surface area contributed by atoms with Crippen LogP contribution in [0.2, 0.25) is 0 Å². The largest absolute Gasteiger partial charge is 0.389 e. The first-order chi connectivity index (χ1) is 7.93. The molecule has 0 saturated carbocycles. The molecule has 0 aliphatic carbocycles. The lowest BCUT2D eigenvalue weighted by molar-refractivity contribution is 0.199. The number of nitrogens with zero attached hydrogens (tertiary/aromatic N) is 1. The average molecular weight is 239 g/mol. The quantitative estimate of drug-likeness (QED) is 0.851. The van der Waals surface area contributed by atoms with E-state index in [9.17, 15) is 9.50 Å². The molecule has 0 bridgehead atoms. The normalized spacial score (nSPS) is 12.9. The summed E-state index contributed by atoms with van der Waals surface area (Å²) in [5, 5.41) is 9.66. The first kappa shape index (κ1) is 14.0. The Morgan fingerprint density at radius 1 is 1.29 bits per heavy atom. The van der Waals surface area contributed by atoms with Crippen molar-refractivity contribution in [2.75, 3.05) is 18.5 Å². The molecular formula is C14H22FNO. The molecule has 1 unspecified atom stereocenters. The van der Waals surface area contributed by atoms with Crippen molar-refractivity contribution in [1.29, 1.82) is 0 Å². The van der Waals surface area contributed by atoms with Crippen LogP contribution in [-0.4, -0.2) is 18.7 Å². The highest BCUT2D eigenvalue weighted by Crippen LogP contribution is 2.28. The third-order valence-corrected chi connectivity index (χ3v) is 2.89. The summed E-state index contributed by atoms with van der Waals surface area (Å²) in [7, 11) is 1.87. The monoisotopic (exact) mass is 239 g/mol. The van der Waals surface area contributed by atoms with Gasteiger partial charge in [-0.05, 0) is 25.3 Å². The first-order valence-corrected chi connectivity index (χ1v) is 6.11. The molecule has 0 radical (unpaired) electrons. The molecule has 0 saturated heterocycles. The molecule has 0 aromatic heterocycles. The van der Waals surface area contributed by atoms with Gasteiger partial charge in [0.2, 0.25) is 0 Å². The van der Waals surface area contributed by atoms with Gasteiger partial charge in [0, 0.05) is 19.2 Å². The van der Waals surface area contributed by atoms with Crippen LogP contribution >= 0.6 is 0 Å². The summed E-state index contributed by atoms with van der Waals surface area (Å²) in [5.41, 5.74) is 1.17. The minimum absolute atomic E-state index is 0.269. The van der Waals surface area contributed by atoms with Gasteiger partial charge >= 0.3 is 0 Å². The first-order valence-electron chi connectivity index (χ1n) is 6.11. The van der Waals surface area contributed by atoms with Gasteiger partial charge in [0.25, 0.3) is 0 Å². The molecule has 96 valence electrons. The zero-order chi connectivity index (χ0) is 13.0. The maximum Gasteiger partial charge on any atom is 0.146 e. The molecule has 1 aromatic carbocycles. The smallest absolute Gasteiger partial charge is 0.146 e. The molecule has 3 heteroatoms. The van der Waals surface area contributed by atoms with E-state index in [1.807, 2.05) is 11.9 Å². The molecule has 1 N–H and O–H groups in total. The molecule has 2 nitrogen and oxygen atoms in total. The number of hydrogen-bond acceptors (Lipinski definition) is 2. The van der Waals surface area contributed by atoms with Crippen molar-refractivity contribution in [2.45, 2.75) is 33.3 Å². The van der Waals surface area contributed by atoms with Crippen molar-refractivity contribution in [1.82, 2.24) is 0 Å². The minimum atomic E-state index is -0.651. The van der Waals surface area contributed by atoms with Gasteiger partial charge in [-0.25, -0.2) is 4.39 Å². The standard InChI is InChI=1S/C14H22FNO/c1-10(2)8-9-16(4)14-12(11(3)17)6-5-7-13(14)15/h5-7,10-11,17H,8-9H2,1-4H3. The molecule has 0 aliphatic rings. The highest BCUT2D eigenvalue weighted by molar-refractivity contribution is 5.55. The number of aliphatic hydroxyl groups excluding tert-OH is 1. The van der Waals surface area contributed by atoms with Gasteiger partial charge in [0.05, 0.1) is 11.8 Å². The number of benzene rings is 1. The van der Waals surface area contributed by atoms with Crippen LogP contribution in [0.15, 0.2) is 18.2 Å². The number of anilines is 1. The van der Waals surface area contributed by atoms with Gasteiger partial charge in [-0.15, -0.1) is 0 Å². The second-order valence-corrected chi connectivity index (χ2v) is 4.96. The van der Waals surface area contributed by atoms with Crippen molar-refractivity contribution in [3.05, 3.63) is 29.6 Å². The summed E-state index contributed by atoms with van der Waals surface area (Å²) in [6.07, 6.45) is 0.353. The van der Waals surface area contributed by atoms with E-state index in [1.54, 1.807) is 19.1 Å². The van der Waals surface area contributed by atoms with Crippen LogP contribution < -0.4 is 4.90 Å². The van der Waals surface area contributed by atoms with Gasteiger partial charge in [-0.1, -0.05) is 26.0 Å². The highest BCUT2D eigenvalue weighted by Gasteiger charge is 2.16. The molecule has 1 aromatic rings. The van der Waals surface area contributed by atoms with Crippen LogP contribution in [0.25, 0.3) is 0 Å². The molecule has 0 fully saturated rings. The third kappa shape index (κ3) is 3.70. The zero-order valence-electron chi connectivity index (χ0n) is 11.1. The van der Waals surface area contributed by atoms with E-state index in [4.69, 9.17) is 0 Å². The number of hydrogen-bond donors (Lipinski definition) is 1. The molecule has 1 atom stereocenters. The maximum absolute atomic E-state index is 13.8. The average Bonchev–Trinajstić information content (AvgIpc) is 2.25. The van der Waals surface area contributed by atoms with E-state index >= 15 is 0 Å². The Labute approximate surface area is 103 Å². The Balaban J connectivity index is 2.94. The van der Waals surface area contributed by atoms with Crippen molar-refractivity contribution >= 4 is 5.69 Å². The van der Waals surface area contributed by atoms with Gasteiger partial charge < -0.3 is 10.0 Å². The van der Waals surface area contributed by atoms with Crippen LogP contribution in [0.1, 0.15) is 38.9 Å². The molecule has 17 heavy (non-hydrogen) atoms. The summed E-state index contributed by atoms with van der Waals surface area (Å²) in [6, 6.07) is 4.85. The van der Waals surface area contributed by atoms with Crippen molar-refractivity contribution in [3.63, 3.8) is 0 Å². The molecular weight excluding hydrogens is 217 g/mol. The molecule has 0 heterocycles. The predicted molar refractivity (Wildman–Crippen MR) is 69.8 cm³/mol. The SMILES string of the molecule is CC(C)CCN(C)c1c(F)cccc1C(C)O. The lowest BCUT2D eigenvalue weighted by atomic mass is 10.1. The second kappa shape index (κ2) is 6.01. The Bertz CT molecular complexity index is 363. The maximum atomic E-state index is 13.8. The Morgan fingerprint density at radius 2 is 1.94 bits per heavy atom. The fraction of sp³-hybridized carbons (Fsp3) is 0.571. The van der Waals surface area contributed by atoms with Gasteiger partial charge in [-0.3, -0.25) is 0 Å². The van der Waals surface area contributed by atoms with Crippen LogP contribution in [0.4, 0.5) is 10.1 Å². The number of para-hydroxylation sites is 1. The second-order valence-electron chi connectivity index (χ2n) is 4.96. The van der Waals surface area contributed by atoms with E-state index < -0.39 is 6.10 Å². The highest BCUT2D eigenvalue weighted by atomic mass is 19.1. The van der Waals surface area contributed by atoms with E-state index in [0.29, 0.717) is 17.2 Å². The van der Waals surface area contributed by atoms with Crippen molar-refractivity contribution < 1.29 is 9.50 Å². The summed E-state index contributed by atoms with van der Waals surface area (Å²) in [4.78, 5) is 1.89. The van der Waals surface area contributed by atoms with E-state index in [0.717, 1.165) is 13.0 Å². The van der Waals surface area contributed by atoms with E-state index in [2.05, 4.69) is 13.8 Å². The van der Waals surface area contributed by atoms with Crippen molar-refractivity contribution in [2.24, 2.45) is 5.92 Å². The number of aliphatic hydroxyl groups is 1.